The van der Waals surface area contributed by atoms with Crippen molar-refractivity contribution in [2.45, 2.75) is 89.9 Å². The zero-order chi connectivity index (χ0) is 22.9. The minimum atomic E-state index is 0.315. The number of rotatable bonds is 14. The maximum atomic E-state index is 12.3. The lowest BCUT2D eigenvalue weighted by Gasteiger charge is -2.05. The Labute approximate surface area is 208 Å². The van der Waals surface area contributed by atoms with Crippen LogP contribution < -0.4 is 0 Å². The van der Waals surface area contributed by atoms with Crippen molar-refractivity contribution in [1.29, 1.82) is 0 Å². The first kappa shape index (κ1) is 24.9. The normalized spacial score (nSPS) is 17.2. The van der Waals surface area contributed by atoms with Crippen molar-refractivity contribution in [1.82, 2.24) is 20.4 Å². The SMILES string of the molecule is O=C(Cc1nnc(CCSCCc2nnc(CC(=O)CC3CCCC3)s2)s1)CC1CCCC1. The first-order valence-electron chi connectivity index (χ1n) is 12.4. The van der Waals surface area contributed by atoms with E-state index in [9.17, 15) is 9.59 Å². The summed E-state index contributed by atoms with van der Waals surface area (Å²) in [4.78, 5) is 24.5. The Morgan fingerprint density at radius 3 is 1.48 bits per heavy atom. The summed E-state index contributed by atoms with van der Waals surface area (Å²) in [6.45, 7) is 0. The van der Waals surface area contributed by atoms with Crippen molar-refractivity contribution < 1.29 is 9.59 Å². The van der Waals surface area contributed by atoms with Gasteiger partial charge in [0.1, 0.15) is 31.6 Å². The van der Waals surface area contributed by atoms with E-state index in [1.54, 1.807) is 22.7 Å². The zero-order valence-corrected chi connectivity index (χ0v) is 21.7. The van der Waals surface area contributed by atoms with E-state index in [-0.39, 0.29) is 0 Å². The molecule has 0 atom stereocenters. The van der Waals surface area contributed by atoms with Crippen molar-refractivity contribution in [3.8, 4) is 0 Å². The molecule has 0 aromatic carbocycles. The zero-order valence-electron chi connectivity index (χ0n) is 19.3. The van der Waals surface area contributed by atoms with E-state index in [4.69, 9.17) is 0 Å². The monoisotopic (exact) mass is 506 g/mol. The highest BCUT2D eigenvalue weighted by atomic mass is 32.2. The molecule has 180 valence electrons. The number of carbonyl (C=O) groups is 2. The summed E-state index contributed by atoms with van der Waals surface area (Å²) in [6.07, 6.45) is 14.0. The smallest absolute Gasteiger partial charge is 0.140 e. The molecule has 0 amide bonds. The van der Waals surface area contributed by atoms with Gasteiger partial charge in [-0.3, -0.25) is 9.59 Å². The molecule has 6 nitrogen and oxygen atoms in total. The van der Waals surface area contributed by atoms with Crippen molar-refractivity contribution in [2.75, 3.05) is 11.5 Å². The summed E-state index contributed by atoms with van der Waals surface area (Å²) in [6, 6.07) is 0. The number of carbonyl (C=O) groups excluding carboxylic acids is 2. The van der Waals surface area contributed by atoms with Crippen LogP contribution in [0.2, 0.25) is 0 Å². The summed E-state index contributed by atoms with van der Waals surface area (Å²) < 4.78 is 0. The first-order valence-corrected chi connectivity index (χ1v) is 15.2. The van der Waals surface area contributed by atoms with E-state index in [0.29, 0.717) is 49.1 Å². The van der Waals surface area contributed by atoms with Gasteiger partial charge in [-0.05, 0) is 23.3 Å². The fourth-order valence-electron chi connectivity index (χ4n) is 4.90. The maximum absolute atomic E-state index is 12.3. The molecular formula is C24H34N4O2S3. The van der Waals surface area contributed by atoms with E-state index < -0.39 is 0 Å². The van der Waals surface area contributed by atoms with Gasteiger partial charge in [-0.25, -0.2) is 0 Å². The van der Waals surface area contributed by atoms with Crippen LogP contribution in [0.1, 0.15) is 84.2 Å². The Hall–Kier alpha value is -1.19. The summed E-state index contributed by atoms with van der Waals surface area (Å²) in [7, 11) is 0. The maximum Gasteiger partial charge on any atom is 0.140 e. The second-order valence-electron chi connectivity index (χ2n) is 9.43. The molecule has 9 heteroatoms. The largest absolute Gasteiger partial charge is 0.299 e. The average molecular weight is 507 g/mol. The number of thioether (sulfide) groups is 1. The third-order valence-electron chi connectivity index (χ3n) is 6.62. The molecule has 4 rings (SSSR count). The van der Waals surface area contributed by atoms with Crippen LogP contribution in [0.25, 0.3) is 0 Å². The van der Waals surface area contributed by atoms with Crippen molar-refractivity contribution in [3.05, 3.63) is 20.0 Å². The fourth-order valence-corrected chi connectivity index (χ4v) is 7.78. The van der Waals surface area contributed by atoms with Gasteiger partial charge in [0, 0.05) is 25.7 Å². The quantitative estimate of drug-likeness (QED) is 0.322. The van der Waals surface area contributed by atoms with Gasteiger partial charge < -0.3 is 0 Å². The lowest BCUT2D eigenvalue weighted by atomic mass is 10.00. The summed E-state index contributed by atoms with van der Waals surface area (Å²) >= 11 is 5.05. The first-order chi connectivity index (χ1) is 16.1. The predicted octanol–water partition coefficient (Wildman–Crippen LogP) is 5.29. The highest BCUT2D eigenvalue weighted by molar-refractivity contribution is 7.99. The van der Waals surface area contributed by atoms with Gasteiger partial charge in [-0.1, -0.05) is 51.4 Å². The van der Waals surface area contributed by atoms with Crippen LogP contribution in [-0.4, -0.2) is 43.5 Å². The van der Waals surface area contributed by atoms with Gasteiger partial charge in [-0.2, -0.15) is 11.8 Å². The topological polar surface area (TPSA) is 85.7 Å². The number of hydrogen-bond donors (Lipinski definition) is 0. The summed E-state index contributed by atoms with van der Waals surface area (Å²) in [5, 5.41) is 20.8. The van der Waals surface area contributed by atoms with Crippen LogP contribution in [0.3, 0.4) is 0 Å². The number of nitrogens with zero attached hydrogens (tertiary/aromatic N) is 4. The molecule has 0 spiro atoms. The minimum absolute atomic E-state index is 0.315. The Bertz CT molecular complexity index is 829. The van der Waals surface area contributed by atoms with E-state index in [2.05, 4.69) is 20.4 Å². The second kappa shape index (κ2) is 13.0. The predicted molar refractivity (Wildman–Crippen MR) is 135 cm³/mol. The van der Waals surface area contributed by atoms with Gasteiger partial charge in [0.25, 0.3) is 0 Å². The molecule has 0 N–H and O–H groups in total. The van der Waals surface area contributed by atoms with Gasteiger partial charge in [0.15, 0.2) is 0 Å². The number of aromatic nitrogens is 4. The summed E-state index contributed by atoms with van der Waals surface area (Å²) in [5.74, 6) is 3.80. The van der Waals surface area contributed by atoms with Crippen molar-refractivity contribution in [3.63, 3.8) is 0 Å². The van der Waals surface area contributed by atoms with E-state index >= 15 is 0 Å². The number of aryl methyl sites for hydroxylation is 2. The van der Waals surface area contributed by atoms with Crippen LogP contribution in [0.4, 0.5) is 0 Å². The van der Waals surface area contributed by atoms with Crippen LogP contribution in [0, 0.1) is 11.8 Å². The standard InChI is InChI=1S/C24H34N4O2S3/c29-19(13-17-5-1-2-6-17)15-23-27-25-21(32-23)9-11-31-12-10-22-26-28-24(33-22)16-20(30)14-18-7-3-4-8-18/h17-18H,1-16H2. The van der Waals surface area contributed by atoms with Crippen LogP contribution >= 0.6 is 34.4 Å². The second-order valence-corrected chi connectivity index (χ2v) is 12.9. The Kier molecular flexibility index (Phi) is 9.85. The number of Topliss-reactive ketones (excluding diaryl/α,β-unsaturated/α-hetero) is 2. The van der Waals surface area contributed by atoms with Gasteiger partial charge in [0.2, 0.25) is 0 Å². The van der Waals surface area contributed by atoms with Crippen LogP contribution in [-0.2, 0) is 35.3 Å². The molecule has 2 fully saturated rings. The molecule has 2 aromatic rings. The third kappa shape index (κ3) is 8.51. The Morgan fingerprint density at radius 2 is 1.06 bits per heavy atom. The average Bonchev–Trinajstić information content (AvgIpc) is 3.57. The lowest BCUT2D eigenvalue weighted by molar-refractivity contribution is -0.120. The molecule has 2 heterocycles. The van der Waals surface area contributed by atoms with Crippen LogP contribution in [0.5, 0.6) is 0 Å². The lowest BCUT2D eigenvalue weighted by Crippen LogP contribution is -2.08. The van der Waals surface area contributed by atoms with Gasteiger partial charge in [-0.15, -0.1) is 43.1 Å². The highest BCUT2D eigenvalue weighted by Gasteiger charge is 2.20. The van der Waals surface area contributed by atoms with Crippen molar-refractivity contribution >= 4 is 46.0 Å². The minimum Gasteiger partial charge on any atom is -0.299 e. The molecule has 0 aliphatic heterocycles. The molecule has 2 aliphatic rings. The molecule has 0 unspecified atom stereocenters. The van der Waals surface area contributed by atoms with Gasteiger partial charge >= 0.3 is 0 Å². The molecule has 0 radical (unpaired) electrons. The summed E-state index contributed by atoms with van der Waals surface area (Å²) in [5.41, 5.74) is 0. The number of hydrogen-bond acceptors (Lipinski definition) is 9. The highest BCUT2D eigenvalue weighted by Crippen LogP contribution is 2.29. The molecule has 2 saturated carbocycles. The molecule has 2 aliphatic carbocycles. The molecule has 0 bridgehead atoms. The van der Waals surface area contributed by atoms with E-state index in [1.807, 2.05) is 11.8 Å². The van der Waals surface area contributed by atoms with Gasteiger partial charge in [0.05, 0.1) is 12.8 Å². The number of ketones is 2. The van der Waals surface area contributed by atoms with Crippen LogP contribution in [0.15, 0.2) is 0 Å². The molecule has 2 aromatic heterocycles. The molecule has 0 saturated heterocycles. The third-order valence-corrected chi connectivity index (χ3v) is 9.57. The van der Waals surface area contributed by atoms with Crippen molar-refractivity contribution in [2.24, 2.45) is 11.8 Å². The Morgan fingerprint density at radius 1 is 0.667 bits per heavy atom. The van der Waals surface area contributed by atoms with E-state index in [0.717, 1.165) is 44.4 Å². The molecular weight excluding hydrogens is 472 g/mol. The van der Waals surface area contributed by atoms with E-state index in [1.165, 1.54) is 51.4 Å². The fraction of sp³-hybridized carbons (Fsp3) is 0.750. The molecule has 33 heavy (non-hydrogen) atoms. The Balaban J connectivity index is 1.08.